The lowest BCUT2D eigenvalue weighted by Gasteiger charge is -2.24. The second-order valence-electron chi connectivity index (χ2n) is 4.18. The fraction of sp³-hybridized carbons (Fsp3) is 0.700. The van der Waals surface area contributed by atoms with Gasteiger partial charge in [-0.2, -0.15) is 0 Å². The maximum Gasteiger partial charge on any atom is 0.268 e. The summed E-state index contributed by atoms with van der Waals surface area (Å²) in [6.45, 7) is 3.12. The number of H-pyrrole nitrogens is 1. The SMILES string of the molecule is O=c1[nH]n(C2CCOCC2)c2c1CNC2. The van der Waals surface area contributed by atoms with Crippen LogP contribution in [0.2, 0.25) is 0 Å². The van der Waals surface area contributed by atoms with Crippen LogP contribution in [0.1, 0.15) is 30.1 Å². The summed E-state index contributed by atoms with van der Waals surface area (Å²) in [4.78, 5) is 11.6. The second kappa shape index (κ2) is 3.50. The molecule has 3 heterocycles. The molecule has 2 N–H and O–H groups in total. The van der Waals surface area contributed by atoms with E-state index >= 15 is 0 Å². The van der Waals surface area contributed by atoms with Crippen LogP contribution in [0.25, 0.3) is 0 Å². The van der Waals surface area contributed by atoms with Gasteiger partial charge in [0.2, 0.25) is 0 Å². The molecule has 15 heavy (non-hydrogen) atoms. The summed E-state index contributed by atoms with van der Waals surface area (Å²) in [5, 5.41) is 6.17. The van der Waals surface area contributed by atoms with E-state index in [9.17, 15) is 4.79 Å². The fourth-order valence-electron chi connectivity index (χ4n) is 2.46. The van der Waals surface area contributed by atoms with Gasteiger partial charge < -0.3 is 10.1 Å². The molecule has 0 unspecified atom stereocenters. The predicted molar refractivity (Wildman–Crippen MR) is 54.7 cm³/mol. The summed E-state index contributed by atoms with van der Waals surface area (Å²) in [6.07, 6.45) is 1.99. The highest BCUT2D eigenvalue weighted by atomic mass is 16.5. The topological polar surface area (TPSA) is 59.0 Å². The minimum Gasteiger partial charge on any atom is -0.381 e. The first kappa shape index (κ1) is 9.18. The molecule has 3 rings (SSSR count). The number of aromatic nitrogens is 2. The third kappa shape index (κ3) is 1.42. The number of nitrogens with zero attached hydrogens (tertiary/aromatic N) is 1. The summed E-state index contributed by atoms with van der Waals surface area (Å²) in [6, 6.07) is 0.412. The van der Waals surface area contributed by atoms with E-state index in [0.717, 1.165) is 43.9 Å². The third-order valence-electron chi connectivity index (χ3n) is 3.29. The monoisotopic (exact) mass is 209 g/mol. The van der Waals surface area contributed by atoms with E-state index < -0.39 is 0 Å². The number of fused-ring (bicyclic) bond motifs is 1. The molecule has 0 amide bonds. The minimum atomic E-state index is 0.0708. The molecular formula is C10H15N3O2. The maximum absolute atomic E-state index is 11.6. The fourth-order valence-corrected chi connectivity index (χ4v) is 2.46. The zero-order chi connectivity index (χ0) is 10.3. The molecule has 82 valence electrons. The Balaban J connectivity index is 1.97. The molecule has 1 aromatic heterocycles. The van der Waals surface area contributed by atoms with E-state index in [2.05, 4.69) is 15.1 Å². The molecule has 1 aromatic rings. The molecule has 0 atom stereocenters. The molecule has 2 aliphatic heterocycles. The second-order valence-corrected chi connectivity index (χ2v) is 4.18. The van der Waals surface area contributed by atoms with E-state index in [0.29, 0.717) is 12.6 Å². The highest BCUT2D eigenvalue weighted by Gasteiger charge is 2.25. The zero-order valence-corrected chi connectivity index (χ0v) is 8.58. The van der Waals surface area contributed by atoms with Crippen LogP contribution in [0.15, 0.2) is 4.79 Å². The lowest BCUT2D eigenvalue weighted by Crippen LogP contribution is -2.24. The van der Waals surface area contributed by atoms with Crippen LogP contribution in [0.5, 0.6) is 0 Å². The lowest BCUT2D eigenvalue weighted by molar-refractivity contribution is 0.0653. The molecule has 0 bridgehead atoms. The average molecular weight is 209 g/mol. The molecule has 1 fully saturated rings. The van der Waals surface area contributed by atoms with Gasteiger partial charge >= 0.3 is 0 Å². The quantitative estimate of drug-likeness (QED) is 0.691. The van der Waals surface area contributed by atoms with Crippen molar-refractivity contribution in [1.29, 1.82) is 0 Å². The first-order chi connectivity index (χ1) is 7.36. The third-order valence-corrected chi connectivity index (χ3v) is 3.29. The van der Waals surface area contributed by atoms with Crippen molar-refractivity contribution in [3.63, 3.8) is 0 Å². The molecule has 0 saturated carbocycles. The van der Waals surface area contributed by atoms with Crippen molar-refractivity contribution in [2.75, 3.05) is 13.2 Å². The Morgan fingerprint density at radius 2 is 2.07 bits per heavy atom. The zero-order valence-electron chi connectivity index (χ0n) is 8.58. The average Bonchev–Trinajstić information content (AvgIpc) is 2.84. The van der Waals surface area contributed by atoms with E-state index in [1.165, 1.54) is 0 Å². The van der Waals surface area contributed by atoms with Gasteiger partial charge in [-0.3, -0.25) is 14.6 Å². The van der Waals surface area contributed by atoms with Crippen molar-refractivity contribution in [2.24, 2.45) is 0 Å². The van der Waals surface area contributed by atoms with Crippen molar-refractivity contribution in [3.8, 4) is 0 Å². The van der Waals surface area contributed by atoms with Crippen LogP contribution < -0.4 is 10.9 Å². The Hall–Kier alpha value is -1.07. The van der Waals surface area contributed by atoms with Gasteiger partial charge in [0, 0.05) is 26.3 Å². The molecule has 2 aliphatic rings. The number of aromatic amines is 1. The molecule has 0 aromatic carbocycles. The highest BCUT2D eigenvalue weighted by molar-refractivity contribution is 5.22. The summed E-state index contributed by atoms with van der Waals surface area (Å²) >= 11 is 0. The molecule has 0 radical (unpaired) electrons. The van der Waals surface area contributed by atoms with Gasteiger partial charge in [-0.15, -0.1) is 0 Å². The van der Waals surface area contributed by atoms with Crippen molar-refractivity contribution in [2.45, 2.75) is 32.0 Å². The van der Waals surface area contributed by atoms with Gasteiger partial charge in [0.15, 0.2) is 0 Å². The number of rotatable bonds is 1. The van der Waals surface area contributed by atoms with E-state index in [-0.39, 0.29) is 5.56 Å². The van der Waals surface area contributed by atoms with Gasteiger partial charge in [0.1, 0.15) is 0 Å². The van der Waals surface area contributed by atoms with Gasteiger partial charge in [-0.05, 0) is 12.8 Å². The van der Waals surface area contributed by atoms with Gasteiger partial charge in [0.05, 0.1) is 17.3 Å². The minimum absolute atomic E-state index is 0.0708. The van der Waals surface area contributed by atoms with Crippen LogP contribution in [-0.2, 0) is 17.8 Å². The molecule has 5 heteroatoms. The van der Waals surface area contributed by atoms with Crippen LogP contribution >= 0.6 is 0 Å². The standard InChI is InChI=1S/C10H15N3O2/c14-10-8-5-11-6-9(8)13(12-10)7-1-3-15-4-2-7/h7,11H,1-6H2,(H,12,14). The Bertz CT molecular complexity index is 415. The smallest absolute Gasteiger partial charge is 0.268 e. The lowest BCUT2D eigenvalue weighted by atomic mass is 10.1. The normalized spacial score (nSPS) is 21.9. The first-order valence-corrected chi connectivity index (χ1v) is 5.47. The Labute approximate surface area is 87.4 Å². The van der Waals surface area contributed by atoms with Gasteiger partial charge in [0.25, 0.3) is 5.56 Å². The van der Waals surface area contributed by atoms with Gasteiger partial charge in [-0.25, -0.2) is 0 Å². The van der Waals surface area contributed by atoms with Crippen LogP contribution in [0.3, 0.4) is 0 Å². The van der Waals surface area contributed by atoms with Crippen LogP contribution in [0.4, 0.5) is 0 Å². The number of ether oxygens (including phenoxy) is 1. The molecule has 0 aliphatic carbocycles. The number of nitrogens with one attached hydrogen (secondary N) is 2. The van der Waals surface area contributed by atoms with Crippen molar-refractivity contribution in [3.05, 3.63) is 21.6 Å². The van der Waals surface area contributed by atoms with Crippen LogP contribution in [-0.4, -0.2) is 23.0 Å². The largest absolute Gasteiger partial charge is 0.381 e. The van der Waals surface area contributed by atoms with Crippen molar-refractivity contribution in [1.82, 2.24) is 15.1 Å². The Morgan fingerprint density at radius 3 is 2.87 bits per heavy atom. The molecule has 0 spiro atoms. The summed E-state index contributed by atoms with van der Waals surface area (Å²) < 4.78 is 7.38. The maximum atomic E-state index is 11.6. The Kier molecular flexibility index (Phi) is 2.14. The summed E-state index contributed by atoms with van der Waals surface area (Å²) in [5.74, 6) is 0. The Morgan fingerprint density at radius 1 is 1.27 bits per heavy atom. The number of hydrogen-bond acceptors (Lipinski definition) is 3. The number of hydrogen-bond donors (Lipinski definition) is 2. The summed E-state index contributed by atoms with van der Waals surface area (Å²) in [7, 11) is 0. The van der Waals surface area contributed by atoms with E-state index in [1.54, 1.807) is 0 Å². The summed E-state index contributed by atoms with van der Waals surface area (Å²) in [5.41, 5.74) is 2.13. The van der Waals surface area contributed by atoms with E-state index in [1.807, 2.05) is 0 Å². The predicted octanol–water partition coefficient (Wildman–Crippen LogP) is 0.131. The van der Waals surface area contributed by atoms with Gasteiger partial charge in [-0.1, -0.05) is 0 Å². The molecule has 5 nitrogen and oxygen atoms in total. The van der Waals surface area contributed by atoms with Crippen LogP contribution in [0, 0.1) is 0 Å². The molecule has 1 saturated heterocycles. The van der Waals surface area contributed by atoms with Crippen molar-refractivity contribution >= 4 is 0 Å². The molecular weight excluding hydrogens is 194 g/mol. The first-order valence-electron chi connectivity index (χ1n) is 5.47. The van der Waals surface area contributed by atoms with E-state index in [4.69, 9.17) is 4.74 Å². The highest BCUT2D eigenvalue weighted by Crippen LogP contribution is 2.23. The van der Waals surface area contributed by atoms with Crippen molar-refractivity contribution < 1.29 is 4.74 Å².